The fourth-order valence-electron chi connectivity index (χ4n) is 3.38. The topological polar surface area (TPSA) is 71.1 Å². The number of rotatable bonds is 6. The molecule has 1 saturated heterocycles. The summed E-state index contributed by atoms with van der Waals surface area (Å²) in [6.45, 7) is 5.13. The first-order valence-electron chi connectivity index (χ1n) is 9.88. The van der Waals surface area contributed by atoms with Gasteiger partial charge in [-0.3, -0.25) is 15.0 Å². The Kier molecular flexibility index (Phi) is 7.24. The zero-order valence-electron chi connectivity index (χ0n) is 17.2. The highest BCUT2D eigenvalue weighted by molar-refractivity contribution is 5.95. The van der Waals surface area contributed by atoms with Gasteiger partial charge in [-0.05, 0) is 49.4 Å². The van der Waals surface area contributed by atoms with Crippen LogP contribution in [0.1, 0.15) is 22.8 Å². The molecule has 1 N–H and O–H groups in total. The molecule has 0 atom stereocenters. The molecule has 2 aromatic rings. The van der Waals surface area contributed by atoms with E-state index in [-0.39, 0.29) is 11.7 Å². The monoisotopic (exact) mass is 415 g/mol. The minimum Gasteiger partial charge on any atom is -0.496 e. The average molecular weight is 415 g/mol. The lowest BCUT2D eigenvalue weighted by Crippen LogP contribution is -2.48. The number of hydrogen-bond acceptors (Lipinski definition) is 5. The summed E-state index contributed by atoms with van der Waals surface area (Å²) in [6, 6.07) is 11.2. The van der Waals surface area contributed by atoms with Gasteiger partial charge in [0.2, 0.25) is 0 Å². The number of anilines is 1. The molecule has 2 amide bonds. The molecule has 2 aromatic carbocycles. The van der Waals surface area contributed by atoms with Gasteiger partial charge < -0.3 is 14.4 Å². The maximum Gasteiger partial charge on any atom is 0.411 e. The number of amides is 2. The highest BCUT2D eigenvalue weighted by Crippen LogP contribution is 2.22. The fraction of sp³-hybridized carbons (Fsp3) is 0.364. The summed E-state index contributed by atoms with van der Waals surface area (Å²) in [5, 5.41) is 2.60. The molecular formula is C22H26FN3O4. The van der Waals surface area contributed by atoms with E-state index in [4.69, 9.17) is 9.47 Å². The van der Waals surface area contributed by atoms with E-state index < -0.39 is 6.09 Å². The number of hydrogen-bond donors (Lipinski definition) is 1. The van der Waals surface area contributed by atoms with E-state index in [1.54, 1.807) is 49.3 Å². The summed E-state index contributed by atoms with van der Waals surface area (Å²) < 4.78 is 23.7. The van der Waals surface area contributed by atoms with Gasteiger partial charge in [-0.2, -0.15) is 0 Å². The van der Waals surface area contributed by atoms with Gasteiger partial charge >= 0.3 is 6.09 Å². The number of carbonyl (C=O) groups is 2. The van der Waals surface area contributed by atoms with E-state index in [0.717, 1.165) is 5.56 Å². The van der Waals surface area contributed by atoms with Crippen LogP contribution in [-0.2, 0) is 11.3 Å². The average Bonchev–Trinajstić information content (AvgIpc) is 2.75. The van der Waals surface area contributed by atoms with Crippen LogP contribution in [0.3, 0.4) is 0 Å². The first kappa shape index (κ1) is 21.6. The van der Waals surface area contributed by atoms with Crippen molar-refractivity contribution in [2.75, 3.05) is 45.2 Å². The van der Waals surface area contributed by atoms with Crippen LogP contribution in [0, 0.1) is 5.82 Å². The zero-order valence-corrected chi connectivity index (χ0v) is 17.2. The third-order valence-electron chi connectivity index (χ3n) is 4.95. The standard InChI is InChI=1S/C22H26FN3O4/c1-3-30-22(28)24-19-7-4-16(5-8-19)21(27)26-12-10-25(11-13-26)15-17-14-18(23)6-9-20(17)29-2/h4-9,14H,3,10-13,15H2,1-2H3,(H,24,28). The van der Waals surface area contributed by atoms with Crippen molar-refractivity contribution in [3.8, 4) is 5.75 Å². The number of ether oxygens (including phenoxy) is 2. The van der Waals surface area contributed by atoms with Crippen LogP contribution in [0.5, 0.6) is 5.75 Å². The molecule has 1 fully saturated rings. The Morgan fingerprint density at radius 1 is 1.07 bits per heavy atom. The summed E-state index contributed by atoms with van der Waals surface area (Å²) in [4.78, 5) is 28.2. The van der Waals surface area contributed by atoms with Gasteiger partial charge in [0.1, 0.15) is 11.6 Å². The number of nitrogens with one attached hydrogen (secondary N) is 1. The summed E-state index contributed by atoms with van der Waals surface area (Å²) in [6.07, 6.45) is -0.525. The van der Waals surface area contributed by atoms with Crippen molar-refractivity contribution in [3.63, 3.8) is 0 Å². The minimum atomic E-state index is -0.525. The van der Waals surface area contributed by atoms with Crippen LogP contribution in [-0.4, -0.2) is 61.7 Å². The normalized spacial score (nSPS) is 14.3. The molecule has 1 heterocycles. The van der Waals surface area contributed by atoms with Gasteiger partial charge in [0.15, 0.2) is 0 Å². The molecule has 0 aromatic heterocycles. The molecule has 0 saturated carbocycles. The number of piperazine rings is 1. The minimum absolute atomic E-state index is 0.0549. The van der Waals surface area contributed by atoms with Crippen LogP contribution in [0.15, 0.2) is 42.5 Å². The molecule has 0 aliphatic carbocycles. The molecule has 8 heteroatoms. The molecule has 0 bridgehead atoms. The number of carbonyl (C=O) groups excluding carboxylic acids is 2. The van der Waals surface area contributed by atoms with Crippen LogP contribution in [0.2, 0.25) is 0 Å². The Hall–Kier alpha value is -3.13. The summed E-state index contributed by atoms with van der Waals surface area (Å²) >= 11 is 0. The van der Waals surface area contributed by atoms with E-state index in [2.05, 4.69) is 10.2 Å². The maximum absolute atomic E-state index is 13.6. The van der Waals surface area contributed by atoms with Gasteiger partial charge in [0.05, 0.1) is 13.7 Å². The molecule has 160 valence electrons. The Morgan fingerprint density at radius 2 is 1.77 bits per heavy atom. The largest absolute Gasteiger partial charge is 0.496 e. The number of halogens is 1. The molecule has 30 heavy (non-hydrogen) atoms. The van der Waals surface area contributed by atoms with E-state index in [9.17, 15) is 14.0 Å². The lowest BCUT2D eigenvalue weighted by atomic mass is 10.1. The van der Waals surface area contributed by atoms with Crippen molar-refractivity contribution in [1.82, 2.24) is 9.80 Å². The molecule has 1 aliphatic heterocycles. The Labute approximate surface area is 175 Å². The molecule has 1 aliphatic rings. The third-order valence-corrected chi connectivity index (χ3v) is 4.95. The van der Waals surface area contributed by atoms with E-state index in [1.165, 1.54) is 12.1 Å². The van der Waals surface area contributed by atoms with Crippen LogP contribution < -0.4 is 10.1 Å². The molecule has 7 nitrogen and oxygen atoms in total. The van der Waals surface area contributed by atoms with Gasteiger partial charge in [0, 0.05) is 49.5 Å². The van der Waals surface area contributed by atoms with Crippen LogP contribution in [0.4, 0.5) is 14.9 Å². The highest BCUT2D eigenvalue weighted by atomic mass is 19.1. The van der Waals surface area contributed by atoms with Crippen molar-refractivity contribution < 1.29 is 23.5 Å². The first-order valence-corrected chi connectivity index (χ1v) is 9.88. The molecule has 3 rings (SSSR count). The number of nitrogens with zero attached hydrogens (tertiary/aromatic N) is 2. The van der Waals surface area contributed by atoms with Crippen molar-refractivity contribution in [1.29, 1.82) is 0 Å². The highest BCUT2D eigenvalue weighted by Gasteiger charge is 2.23. The second-order valence-electron chi connectivity index (χ2n) is 6.95. The zero-order chi connectivity index (χ0) is 21.5. The molecule has 0 unspecified atom stereocenters. The second kappa shape index (κ2) is 10.1. The van der Waals surface area contributed by atoms with Gasteiger partial charge in [-0.15, -0.1) is 0 Å². The predicted octanol–water partition coefficient (Wildman–Crippen LogP) is 3.36. The second-order valence-corrected chi connectivity index (χ2v) is 6.95. The Bertz CT molecular complexity index is 880. The van der Waals surface area contributed by atoms with Crippen molar-refractivity contribution >= 4 is 17.7 Å². The van der Waals surface area contributed by atoms with Gasteiger partial charge in [0.25, 0.3) is 5.91 Å². The quantitative estimate of drug-likeness (QED) is 0.783. The Balaban J connectivity index is 1.54. The number of benzene rings is 2. The molecule has 0 radical (unpaired) electrons. The molecular weight excluding hydrogens is 389 g/mol. The summed E-state index contributed by atoms with van der Waals surface area (Å²) in [5.41, 5.74) is 1.92. The lowest BCUT2D eigenvalue weighted by molar-refractivity contribution is 0.0627. The molecule has 0 spiro atoms. The summed E-state index contributed by atoms with van der Waals surface area (Å²) in [7, 11) is 1.57. The maximum atomic E-state index is 13.6. The first-order chi connectivity index (χ1) is 14.5. The van der Waals surface area contributed by atoms with Gasteiger partial charge in [-0.25, -0.2) is 9.18 Å². The number of methoxy groups -OCH3 is 1. The third kappa shape index (κ3) is 5.48. The fourth-order valence-corrected chi connectivity index (χ4v) is 3.38. The Morgan fingerprint density at radius 3 is 2.40 bits per heavy atom. The predicted molar refractivity (Wildman–Crippen MR) is 111 cm³/mol. The van der Waals surface area contributed by atoms with Crippen molar-refractivity contribution in [3.05, 3.63) is 59.4 Å². The van der Waals surface area contributed by atoms with Crippen molar-refractivity contribution in [2.45, 2.75) is 13.5 Å². The van der Waals surface area contributed by atoms with E-state index in [1.807, 2.05) is 0 Å². The summed E-state index contributed by atoms with van der Waals surface area (Å²) in [5.74, 6) is 0.313. The SMILES string of the molecule is CCOC(=O)Nc1ccc(C(=O)N2CCN(Cc3cc(F)ccc3OC)CC2)cc1. The lowest BCUT2D eigenvalue weighted by Gasteiger charge is -2.35. The van der Waals surface area contributed by atoms with Crippen LogP contribution >= 0.6 is 0 Å². The van der Waals surface area contributed by atoms with E-state index >= 15 is 0 Å². The van der Waals surface area contributed by atoms with E-state index in [0.29, 0.717) is 56.3 Å². The smallest absolute Gasteiger partial charge is 0.411 e. The van der Waals surface area contributed by atoms with Crippen molar-refractivity contribution in [2.24, 2.45) is 0 Å². The van der Waals surface area contributed by atoms with Crippen LogP contribution in [0.25, 0.3) is 0 Å². The van der Waals surface area contributed by atoms with Gasteiger partial charge in [-0.1, -0.05) is 0 Å².